The van der Waals surface area contributed by atoms with E-state index >= 15 is 0 Å². The van der Waals surface area contributed by atoms with Crippen LogP contribution in [0, 0.1) is 0 Å². The second kappa shape index (κ2) is 5.27. The third-order valence-electron chi connectivity index (χ3n) is 2.17. The number of carbonyl (C=O) groups is 2. The van der Waals surface area contributed by atoms with Crippen LogP contribution in [-0.4, -0.2) is 24.9 Å². The van der Waals surface area contributed by atoms with Gasteiger partial charge >= 0.3 is 5.97 Å². The average Bonchev–Trinajstić information content (AvgIpc) is 2.28. The molecule has 1 rings (SSSR count). The van der Waals surface area contributed by atoms with Gasteiger partial charge in [-0.3, -0.25) is 9.59 Å². The Morgan fingerprint density at radius 1 is 1.38 bits per heavy atom. The van der Waals surface area contributed by atoms with Crippen molar-refractivity contribution in [2.24, 2.45) is 5.73 Å². The number of ether oxygens (including phenoxy) is 1. The molecule has 1 aromatic rings. The normalized spacial score (nSPS) is 11.9. The van der Waals surface area contributed by atoms with Crippen molar-refractivity contribution in [2.75, 3.05) is 12.8 Å². The molecule has 0 aromatic heterocycles. The van der Waals surface area contributed by atoms with E-state index < -0.39 is 12.0 Å². The quantitative estimate of drug-likeness (QED) is 0.435. The molecule has 1 atom stereocenters. The van der Waals surface area contributed by atoms with Gasteiger partial charge in [0, 0.05) is 17.7 Å². The summed E-state index contributed by atoms with van der Waals surface area (Å²) in [6, 6.07) is 5.70. The molecule has 86 valence electrons. The number of rotatable bonds is 4. The molecule has 0 saturated carbocycles. The molecule has 0 bridgehead atoms. The average molecular weight is 222 g/mol. The molecule has 5 heteroatoms. The van der Waals surface area contributed by atoms with Gasteiger partial charge in [-0.25, -0.2) is 0 Å². The Morgan fingerprint density at radius 3 is 2.56 bits per heavy atom. The summed E-state index contributed by atoms with van der Waals surface area (Å²) in [7, 11) is 1.23. The largest absolute Gasteiger partial charge is 0.468 e. The summed E-state index contributed by atoms with van der Waals surface area (Å²) in [5.41, 5.74) is 11.9. The molecule has 0 radical (unpaired) electrons. The predicted octanol–water partition coefficient (Wildman–Crippen LogP) is 0.342. The van der Waals surface area contributed by atoms with Gasteiger partial charge in [0.2, 0.25) is 0 Å². The van der Waals surface area contributed by atoms with Crippen molar-refractivity contribution in [1.82, 2.24) is 0 Å². The van der Waals surface area contributed by atoms with E-state index in [-0.39, 0.29) is 12.2 Å². The highest BCUT2D eigenvalue weighted by Gasteiger charge is 2.19. The Hall–Kier alpha value is -1.88. The molecular formula is C11H14N2O3. The van der Waals surface area contributed by atoms with Gasteiger partial charge in [-0.1, -0.05) is 12.1 Å². The number of anilines is 1. The Kier molecular flexibility index (Phi) is 4.02. The molecule has 0 aliphatic rings. The number of methoxy groups -OCH3 is 1. The van der Waals surface area contributed by atoms with E-state index in [0.717, 1.165) is 0 Å². The van der Waals surface area contributed by atoms with E-state index in [1.807, 2.05) is 0 Å². The van der Waals surface area contributed by atoms with Crippen LogP contribution in [0.2, 0.25) is 0 Å². The van der Waals surface area contributed by atoms with Crippen molar-refractivity contribution in [3.8, 4) is 0 Å². The molecule has 0 heterocycles. The summed E-state index contributed by atoms with van der Waals surface area (Å²) < 4.78 is 4.43. The highest BCUT2D eigenvalue weighted by molar-refractivity contribution is 6.02. The maximum atomic E-state index is 11.7. The van der Waals surface area contributed by atoms with Crippen LogP contribution in [0.25, 0.3) is 0 Å². The highest BCUT2D eigenvalue weighted by Crippen LogP contribution is 2.13. The number of nitrogen functional groups attached to an aromatic ring is 1. The second-order valence-corrected chi connectivity index (χ2v) is 3.34. The molecule has 0 saturated heterocycles. The number of hydrogen-bond donors (Lipinski definition) is 2. The fourth-order valence-electron chi connectivity index (χ4n) is 1.30. The molecule has 1 aromatic carbocycles. The summed E-state index contributed by atoms with van der Waals surface area (Å²) in [4.78, 5) is 22.8. The van der Waals surface area contributed by atoms with Gasteiger partial charge in [-0.05, 0) is 12.1 Å². The second-order valence-electron chi connectivity index (χ2n) is 3.34. The van der Waals surface area contributed by atoms with Crippen LogP contribution in [0.1, 0.15) is 16.8 Å². The third-order valence-corrected chi connectivity index (χ3v) is 2.17. The number of esters is 1. The van der Waals surface area contributed by atoms with Crippen LogP contribution < -0.4 is 11.5 Å². The minimum absolute atomic E-state index is 0.110. The van der Waals surface area contributed by atoms with Crippen molar-refractivity contribution in [1.29, 1.82) is 0 Å². The summed E-state index contributed by atoms with van der Waals surface area (Å²) in [5.74, 6) is -0.876. The molecular weight excluding hydrogens is 208 g/mol. The van der Waals surface area contributed by atoms with Gasteiger partial charge in [0.05, 0.1) is 7.11 Å². The number of nitrogens with two attached hydrogens (primary N) is 2. The maximum absolute atomic E-state index is 11.7. The zero-order valence-electron chi connectivity index (χ0n) is 8.97. The molecule has 0 amide bonds. The van der Waals surface area contributed by atoms with E-state index in [4.69, 9.17) is 11.5 Å². The predicted molar refractivity (Wildman–Crippen MR) is 59.8 cm³/mol. The summed E-state index contributed by atoms with van der Waals surface area (Å²) in [5, 5.41) is 0. The van der Waals surface area contributed by atoms with Crippen molar-refractivity contribution in [2.45, 2.75) is 12.5 Å². The van der Waals surface area contributed by atoms with E-state index in [2.05, 4.69) is 4.74 Å². The smallest absolute Gasteiger partial charge is 0.323 e. The van der Waals surface area contributed by atoms with Crippen LogP contribution >= 0.6 is 0 Å². The number of Topliss-reactive ketones (excluding diaryl/α,β-unsaturated/α-hetero) is 1. The first-order valence-electron chi connectivity index (χ1n) is 4.77. The third kappa shape index (κ3) is 2.80. The van der Waals surface area contributed by atoms with Gasteiger partial charge < -0.3 is 16.2 Å². The van der Waals surface area contributed by atoms with Crippen LogP contribution in [0.3, 0.4) is 0 Å². The van der Waals surface area contributed by atoms with Gasteiger partial charge in [-0.2, -0.15) is 0 Å². The lowest BCUT2D eigenvalue weighted by molar-refractivity contribution is -0.142. The fourth-order valence-corrected chi connectivity index (χ4v) is 1.30. The van der Waals surface area contributed by atoms with Gasteiger partial charge in [0.1, 0.15) is 6.04 Å². The summed E-state index contributed by atoms with van der Waals surface area (Å²) >= 11 is 0. The topological polar surface area (TPSA) is 95.4 Å². The molecule has 0 aliphatic carbocycles. The zero-order valence-corrected chi connectivity index (χ0v) is 8.97. The van der Waals surface area contributed by atoms with Crippen LogP contribution in [0.4, 0.5) is 5.69 Å². The fraction of sp³-hybridized carbons (Fsp3) is 0.273. The van der Waals surface area contributed by atoms with Gasteiger partial charge in [0.15, 0.2) is 5.78 Å². The molecule has 0 aliphatic heterocycles. The molecule has 5 nitrogen and oxygen atoms in total. The highest BCUT2D eigenvalue weighted by atomic mass is 16.5. The van der Waals surface area contributed by atoms with E-state index in [9.17, 15) is 9.59 Å². The van der Waals surface area contributed by atoms with Crippen LogP contribution in [0.15, 0.2) is 24.3 Å². The van der Waals surface area contributed by atoms with Crippen molar-refractivity contribution in [3.05, 3.63) is 29.8 Å². The van der Waals surface area contributed by atoms with Gasteiger partial charge in [-0.15, -0.1) is 0 Å². The molecule has 0 spiro atoms. The summed E-state index contributed by atoms with van der Waals surface area (Å²) in [6.45, 7) is 0. The van der Waals surface area contributed by atoms with Crippen molar-refractivity contribution in [3.63, 3.8) is 0 Å². The number of ketones is 1. The lowest BCUT2D eigenvalue weighted by Crippen LogP contribution is -2.34. The Balaban J connectivity index is 2.73. The van der Waals surface area contributed by atoms with E-state index in [0.29, 0.717) is 11.3 Å². The van der Waals surface area contributed by atoms with Crippen molar-refractivity contribution < 1.29 is 14.3 Å². The first kappa shape index (κ1) is 12.2. The lowest BCUT2D eigenvalue weighted by Gasteiger charge is -2.09. The molecule has 0 unspecified atom stereocenters. The zero-order chi connectivity index (χ0) is 12.1. The maximum Gasteiger partial charge on any atom is 0.323 e. The minimum Gasteiger partial charge on any atom is -0.468 e. The number of benzene rings is 1. The molecule has 16 heavy (non-hydrogen) atoms. The Bertz CT molecular complexity index is 404. The minimum atomic E-state index is -0.947. The Morgan fingerprint density at radius 2 is 2.00 bits per heavy atom. The molecule has 4 N–H and O–H groups in total. The lowest BCUT2D eigenvalue weighted by atomic mass is 10.0. The first-order valence-corrected chi connectivity index (χ1v) is 4.77. The number of carbonyl (C=O) groups excluding carboxylic acids is 2. The van der Waals surface area contributed by atoms with E-state index in [1.165, 1.54) is 7.11 Å². The van der Waals surface area contributed by atoms with E-state index in [1.54, 1.807) is 24.3 Å². The first-order chi connectivity index (χ1) is 7.56. The number of hydrogen-bond acceptors (Lipinski definition) is 5. The summed E-state index contributed by atoms with van der Waals surface area (Å²) in [6.07, 6.45) is -0.110. The number of para-hydroxylation sites is 1. The Labute approximate surface area is 93.4 Å². The monoisotopic (exact) mass is 222 g/mol. The molecule has 0 fully saturated rings. The SMILES string of the molecule is COC(=O)[C@H](N)CC(=O)c1ccccc1N. The van der Waals surface area contributed by atoms with Crippen LogP contribution in [-0.2, 0) is 9.53 Å². The van der Waals surface area contributed by atoms with Gasteiger partial charge in [0.25, 0.3) is 0 Å². The van der Waals surface area contributed by atoms with Crippen LogP contribution in [0.5, 0.6) is 0 Å². The standard InChI is InChI=1S/C11H14N2O3/c1-16-11(15)9(13)6-10(14)7-4-2-3-5-8(7)12/h2-5,9H,6,12-13H2,1H3/t9-/m1/s1. The van der Waals surface area contributed by atoms with Crippen molar-refractivity contribution >= 4 is 17.4 Å².